The van der Waals surface area contributed by atoms with Crippen molar-refractivity contribution in [1.29, 1.82) is 0 Å². The van der Waals surface area contributed by atoms with Crippen LogP contribution in [0.1, 0.15) is 5.69 Å². The molecule has 2 rings (SSSR count). The predicted molar refractivity (Wildman–Crippen MR) is 75.3 cm³/mol. The maximum atomic E-state index is 11.6. The van der Waals surface area contributed by atoms with Gasteiger partial charge in [-0.25, -0.2) is 4.98 Å². The Bertz CT molecular complexity index is 603. The van der Waals surface area contributed by atoms with Gasteiger partial charge in [-0.15, -0.1) is 0 Å². The van der Waals surface area contributed by atoms with E-state index in [1.54, 1.807) is 7.11 Å². The summed E-state index contributed by atoms with van der Waals surface area (Å²) in [5.74, 6) is 0.560. The van der Waals surface area contributed by atoms with Gasteiger partial charge in [0.1, 0.15) is 5.82 Å². The molecule has 5 heteroatoms. The summed E-state index contributed by atoms with van der Waals surface area (Å²) < 4.78 is 5.00. The molecule has 0 amide bonds. The van der Waals surface area contributed by atoms with E-state index in [-0.39, 0.29) is 5.56 Å². The third-order valence-corrected chi connectivity index (χ3v) is 2.74. The standard InChI is InChI=1S/C14H17N3O2/c1-17(2)12-6-4-10(5-7-12)14-15-11(9-19-3)8-13(18)16-14/h4-8H,9H2,1-3H3,(H,15,16,18). The Hall–Kier alpha value is -2.14. The van der Waals surface area contributed by atoms with Crippen molar-refractivity contribution in [3.63, 3.8) is 0 Å². The van der Waals surface area contributed by atoms with E-state index in [1.165, 1.54) is 6.07 Å². The van der Waals surface area contributed by atoms with Crippen LogP contribution in [0.15, 0.2) is 35.1 Å². The predicted octanol–water partition coefficient (Wildman–Crippen LogP) is 1.65. The molecule has 2 aromatic rings. The first-order valence-electron chi connectivity index (χ1n) is 5.97. The highest BCUT2D eigenvalue weighted by molar-refractivity contribution is 5.60. The van der Waals surface area contributed by atoms with E-state index in [0.717, 1.165) is 11.3 Å². The van der Waals surface area contributed by atoms with E-state index in [4.69, 9.17) is 4.74 Å². The zero-order valence-corrected chi connectivity index (χ0v) is 11.3. The fraction of sp³-hybridized carbons (Fsp3) is 0.286. The molecule has 0 aliphatic heterocycles. The number of H-pyrrole nitrogens is 1. The average molecular weight is 259 g/mol. The third kappa shape index (κ3) is 3.20. The number of benzene rings is 1. The second kappa shape index (κ2) is 5.67. The monoisotopic (exact) mass is 259 g/mol. The third-order valence-electron chi connectivity index (χ3n) is 2.74. The van der Waals surface area contributed by atoms with Crippen LogP contribution in [0, 0.1) is 0 Å². The van der Waals surface area contributed by atoms with E-state index >= 15 is 0 Å². The van der Waals surface area contributed by atoms with E-state index in [2.05, 4.69) is 9.97 Å². The summed E-state index contributed by atoms with van der Waals surface area (Å²) in [6.45, 7) is 0.326. The largest absolute Gasteiger partial charge is 0.378 e. The summed E-state index contributed by atoms with van der Waals surface area (Å²) in [4.78, 5) is 20.7. The molecule has 5 nitrogen and oxygen atoms in total. The molecule has 1 aromatic heterocycles. The fourth-order valence-electron chi connectivity index (χ4n) is 1.78. The van der Waals surface area contributed by atoms with E-state index in [0.29, 0.717) is 18.1 Å². The SMILES string of the molecule is COCc1cc(=O)[nH]c(-c2ccc(N(C)C)cc2)n1. The Labute approximate surface area is 111 Å². The van der Waals surface area contributed by atoms with E-state index in [1.807, 2.05) is 43.3 Å². The Morgan fingerprint density at radius 3 is 2.53 bits per heavy atom. The van der Waals surface area contributed by atoms with Crippen molar-refractivity contribution in [1.82, 2.24) is 9.97 Å². The highest BCUT2D eigenvalue weighted by Gasteiger charge is 2.04. The van der Waals surface area contributed by atoms with Crippen LogP contribution in [-0.4, -0.2) is 31.2 Å². The maximum Gasteiger partial charge on any atom is 0.251 e. The molecule has 19 heavy (non-hydrogen) atoms. The van der Waals surface area contributed by atoms with Crippen LogP contribution < -0.4 is 10.5 Å². The van der Waals surface area contributed by atoms with E-state index < -0.39 is 0 Å². The van der Waals surface area contributed by atoms with Gasteiger partial charge in [0.05, 0.1) is 12.3 Å². The van der Waals surface area contributed by atoms with Gasteiger partial charge in [-0.2, -0.15) is 0 Å². The zero-order chi connectivity index (χ0) is 13.8. The number of hydrogen-bond acceptors (Lipinski definition) is 4. The lowest BCUT2D eigenvalue weighted by atomic mass is 10.2. The van der Waals surface area contributed by atoms with Gasteiger partial charge < -0.3 is 14.6 Å². The van der Waals surface area contributed by atoms with Gasteiger partial charge in [0.15, 0.2) is 0 Å². The van der Waals surface area contributed by atoms with Gasteiger partial charge in [0, 0.05) is 38.5 Å². The summed E-state index contributed by atoms with van der Waals surface area (Å²) in [6.07, 6.45) is 0. The number of methoxy groups -OCH3 is 1. The molecule has 0 spiro atoms. The van der Waals surface area contributed by atoms with Gasteiger partial charge in [0.2, 0.25) is 0 Å². The Morgan fingerprint density at radius 1 is 1.26 bits per heavy atom. The molecule has 0 saturated heterocycles. The first-order valence-corrected chi connectivity index (χ1v) is 5.97. The lowest BCUT2D eigenvalue weighted by molar-refractivity contribution is 0.181. The molecule has 0 aliphatic rings. The summed E-state index contributed by atoms with van der Waals surface area (Å²) >= 11 is 0. The summed E-state index contributed by atoms with van der Waals surface area (Å²) in [7, 11) is 5.54. The molecule has 0 atom stereocenters. The van der Waals surface area contributed by atoms with Crippen LogP contribution in [0.3, 0.4) is 0 Å². The molecule has 0 saturated carbocycles. The Morgan fingerprint density at radius 2 is 1.95 bits per heavy atom. The first kappa shape index (κ1) is 13.3. The Balaban J connectivity index is 2.38. The molecule has 0 aliphatic carbocycles. The molecule has 0 bridgehead atoms. The summed E-state index contributed by atoms with van der Waals surface area (Å²) in [5.41, 5.74) is 2.42. The zero-order valence-electron chi connectivity index (χ0n) is 11.3. The Kier molecular flexibility index (Phi) is 3.97. The molecule has 1 aromatic carbocycles. The summed E-state index contributed by atoms with van der Waals surface area (Å²) in [6, 6.07) is 9.28. The number of ether oxygens (including phenoxy) is 1. The van der Waals surface area contributed by atoms with Crippen molar-refractivity contribution in [2.75, 3.05) is 26.1 Å². The molecule has 0 fully saturated rings. The second-order valence-corrected chi connectivity index (χ2v) is 4.46. The van der Waals surface area contributed by atoms with Crippen molar-refractivity contribution >= 4 is 5.69 Å². The molecular weight excluding hydrogens is 242 g/mol. The minimum atomic E-state index is -0.172. The van der Waals surface area contributed by atoms with Crippen LogP contribution >= 0.6 is 0 Å². The number of nitrogens with zero attached hydrogens (tertiary/aromatic N) is 2. The topological polar surface area (TPSA) is 58.2 Å². The lowest BCUT2D eigenvalue weighted by Gasteiger charge is -2.12. The fourth-order valence-corrected chi connectivity index (χ4v) is 1.78. The van der Waals surface area contributed by atoms with Crippen LogP contribution in [-0.2, 0) is 11.3 Å². The number of rotatable bonds is 4. The summed E-state index contributed by atoms with van der Waals surface area (Å²) in [5, 5.41) is 0. The van der Waals surface area contributed by atoms with Crippen molar-refractivity contribution in [2.24, 2.45) is 0 Å². The maximum absolute atomic E-state index is 11.6. The molecule has 100 valence electrons. The molecular formula is C14H17N3O2. The highest BCUT2D eigenvalue weighted by Crippen LogP contribution is 2.18. The number of aromatic nitrogens is 2. The van der Waals surface area contributed by atoms with Crippen LogP contribution in [0.25, 0.3) is 11.4 Å². The van der Waals surface area contributed by atoms with Gasteiger partial charge in [-0.1, -0.05) is 0 Å². The lowest BCUT2D eigenvalue weighted by Crippen LogP contribution is -2.11. The van der Waals surface area contributed by atoms with E-state index in [9.17, 15) is 4.79 Å². The van der Waals surface area contributed by atoms with Gasteiger partial charge >= 0.3 is 0 Å². The normalized spacial score (nSPS) is 10.5. The second-order valence-electron chi connectivity index (χ2n) is 4.46. The van der Waals surface area contributed by atoms with Gasteiger partial charge in [0.25, 0.3) is 5.56 Å². The van der Waals surface area contributed by atoms with Crippen LogP contribution in [0.2, 0.25) is 0 Å². The van der Waals surface area contributed by atoms with Gasteiger partial charge in [-0.05, 0) is 24.3 Å². The van der Waals surface area contributed by atoms with Crippen LogP contribution in [0.5, 0.6) is 0 Å². The number of anilines is 1. The van der Waals surface area contributed by atoms with Crippen molar-refractivity contribution in [2.45, 2.75) is 6.61 Å². The molecule has 1 N–H and O–H groups in total. The smallest absolute Gasteiger partial charge is 0.251 e. The van der Waals surface area contributed by atoms with Crippen molar-refractivity contribution in [3.05, 3.63) is 46.4 Å². The van der Waals surface area contributed by atoms with Gasteiger partial charge in [-0.3, -0.25) is 4.79 Å². The first-order chi connectivity index (χ1) is 9.10. The number of nitrogens with one attached hydrogen (secondary N) is 1. The quantitative estimate of drug-likeness (QED) is 0.907. The van der Waals surface area contributed by atoms with Crippen LogP contribution in [0.4, 0.5) is 5.69 Å². The van der Waals surface area contributed by atoms with Crippen molar-refractivity contribution < 1.29 is 4.74 Å². The minimum Gasteiger partial charge on any atom is -0.378 e. The average Bonchev–Trinajstić information content (AvgIpc) is 2.38. The molecule has 1 heterocycles. The highest BCUT2D eigenvalue weighted by atomic mass is 16.5. The minimum absolute atomic E-state index is 0.172. The van der Waals surface area contributed by atoms with Crippen molar-refractivity contribution in [3.8, 4) is 11.4 Å². The number of hydrogen-bond donors (Lipinski definition) is 1. The number of aromatic amines is 1. The molecule has 0 radical (unpaired) electrons. The molecule has 0 unspecified atom stereocenters.